The Balaban J connectivity index is 3.74. The Labute approximate surface area is 76.2 Å². The molecule has 7 heteroatoms. The van der Waals surface area contributed by atoms with Crippen molar-refractivity contribution in [2.75, 3.05) is 7.05 Å². The highest BCUT2D eigenvalue weighted by atomic mass is 32.7. The summed E-state index contributed by atoms with van der Waals surface area (Å²) in [4.78, 5) is 17.2. The van der Waals surface area contributed by atoms with Crippen molar-refractivity contribution in [3.05, 3.63) is 0 Å². The van der Waals surface area contributed by atoms with Crippen LogP contribution in [0.15, 0.2) is 0 Å². The molecule has 0 aliphatic rings. The second-order valence-electron chi connectivity index (χ2n) is 2.42. The van der Waals surface area contributed by atoms with Crippen molar-refractivity contribution in [3.8, 4) is 0 Å². The highest BCUT2D eigenvalue weighted by molar-refractivity contribution is 8.54. The summed E-state index contributed by atoms with van der Waals surface area (Å²) in [5.41, 5.74) is 0. The van der Waals surface area contributed by atoms with Crippen LogP contribution in [-0.2, 0) is 4.57 Å². The molecular weight excluding hydrogens is 199 g/mol. The molecule has 2 atom stereocenters. The van der Waals surface area contributed by atoms with Gasteiger partial charge in [-0.05, 0) is 32.3 Å². The van der Waals surface area contributed by atoms with Gasteiger partial charge in [-0.2, -0.15) is 0 Å². The van der Waals surface area contributed by atoms with Crippen molar-refractivity contribution in [1.82, 2.24) is 10.6 Å². The van der Waals surface area contributed by atoms with Crippen LogP contribution in [0.5, 0.6) is 0 Å². The molecule has 0 aliphatic heterocycles. The highest BCUT2D eigenvalue weighted by Gasteiger charge is 2.19. The van der Waals surface area contributed by atoms with E-state index in [0.29, 0.717) is 11.4 Å². The fraction of sp³-hybridized carbons (Fsp3) is 1.00. The van der Waals surface area contributed by atoms with Crippen LogP contribution in [0.25, 0.3) is 0 Å². The largest absolute Gasteiger partial charge is 0.385 e. The van der Waals surface area contributed by atoms with Crippen LogP contribution >= 0.6 is 18.2 Å². The fourth-order valence-corrected chi connectivity index (χ4v) is 2.77. The van der Waals surface area contributed by atoms with E-state index in [9.17, 15) is 4.57 Å². The number of hydrogen-bond donors (Lipinski definition) is 4. The van der Waals surface area contributed by atoms with Gasteiger partial charge >= 0.3 is 6.80 Å². The minimum absolute atomic E-state index is 0.0408. The van der Waals surface area contributed by atoms with Gasteiger partial charge in [0.15, 0.2) is 0 Å². The lowest BCUT2D eigenvalue weighted by molar-refractivity contribution is 0.396. The summed E-state index contributed by atoms with van der Waals surface area (Å²) in [5, 5.41) is 5.58. The Kier molecular flexibility index (Phi) is 5.40. The van der Waals surface area contributed by atoms with Gasteiger partial charge < -0.3 is 15.1 Å². The van der Waals surface area contributed by atoms with E-state index in [1.54, 1.807) is 14.0 Å². The normalized spacial score (nSPS) is 17.4. The summed E-state index contributed by atoms with van der Waals surface area (Å²) in [6, 6.07) is 0. The molecule has 2 unspecified atom stereocenters. The third-order valence-corrected chi connectivity index (χ3v) is 3.71. The van der Waals surface area contributed by atoms with Crippen LogP contribution in [0.4, 0.5) is 0 Å². The molecule has 0 fully saturated rings. The molecule has 0 saturated carbocycles. The zero-order valence-corrected chi connectivity index (χ0v) is 9.02. The van der Waals surface area contributed by atoms with Crippen LogP contribution < -0.4 is 10.6 Å². The zero-order valence-electron chi connectivity index (χ0n) is 7.31. The molecule has 0 amide bonds. The van der Waals surface area contributed by atoms with Gasteiger partial charge in [0, 0.05) is 0 Å². The van der Waals surface area contributed by atoms with Crippen molar-refractivity contribution in [1.29, 1.82) is 0 Å². The summed E-state index contributed by atoms with van der Waals surface area (Å²) in [6.45, 7) is -0.384. The summed E-state index contributed by atoms with van der Waals surface area (Å²) in [5.74, 6) is 0. The van der Waals surface area contributed by atoms with Crippen LogP contribution in [0, 0.1) is 0 Å². The smallest absolute Gasteiger partial charge is 0.317 e. The summed E-state index contributed by atoms with van der Waals surface area (Å²) in [6.07, 6.45) is 0.0408. The first kappa shape index (κ1) is 12.4. The third kappa shape index (κ3) is 7.09. The summed E-state index contributed by atoms with van der Waals surface area (Å²) in [7, 11) is 1.77. The predicted octanol–water partition coefficient (Wildman–Crippen LogP) is 0.313. The zero-order chi connectivity index (χ0) is 9.78. The first-order chi connectivity index (χ1) is 5.35. The third-order valence-electron chi connectivity index (χ3n) is 1.21. The van der Waals surface area contributed by atoms with E-state index in [-0.39, 0.29) is 11.5 Å². The quantitative estimate of drug-likeness (QED) is 0.389. The van der Waals surface area contributed by atoms with E-state index in [2.05, 4.69) is 10.6 Å². The van der Waals surface area contributed by atoms with Gasteiger partial charge in [-0.3, -0.25) is 5.32 Å². The molecule has 74 valence electrons. The van der Waals surface area contributed by atoms with Gasteiger partial charge in [0.1, 0.15) is 0 Å². The Hall–Kier alpha value is 0.420. The molecule has 5 nitrogen and oxygen atoms in total. The lowest BCUT2D eigenvalue weighted by Gasteiger charge is -2.18. The van der Waals surface area contributed by atoms with Crippen molar-refractivity contribution < 1.29 is 14.4 Å². The highest BCUT2D eigenvalue weighted by Crippen LogP contribution is 2.51. The monoisotopic (exact) mass is 214 g/mol. The molecule has 0 radical (unpaired) electrons. The van der Waals surface area contributed by atoms with Gasteiger partial charge in [-0.15, -0.1) is 0 Å². The Morgan fingerprint density at radius 1 is 1.42 bits per heavy atom. The van der Waals surface area contributed by atoms with Gasteiger partial charge in [0.2, 0.25) is 0 Å². The topological polar surface area (TPSA) is 81.6 Å². The second-order valence-corrected chi connectivity index (χ2v) is 6.37. The summed E-state index contributed by atoms with van der Waals surface area (Å²) < 4.78 is 10.5. The molecule has 0 aromatic rings. The molecule has 0 bridgehead atoms. The van der Waals surface area contributed by atoms with E-state index in [1.165, 1.54) is 0 Å². The predicted molar refractivity (Wildman–Crippen MR) is 50.8 cm³/mol. The lowest BCUT2D eigenvalue weighted by Crippen LogP contribution is -2.41. The number of hydrogen-bond acceptors (Lipinski definition) is 4. The summed E-state index contributed by atoms with van der Waals surface area (Å²) >= 11 is 0.616. The van der Waals surface area contributed by atoms with Crippen molar-refractivity contribution in [2.45, 2.75) is 25.4 Å². The Morgan fingerprint density at radius 2 is 1.92 bits per heavy atom. The molecule has 0 heterocycles. The fourth-order valence-electron chi connectivity index (χ4n) is 0.672. The van der Waals surface area contributed by atoms with Crippen LogP contribution in [-0.4, -0.2) is 28.4 Å². The SMILES string of the molecule is CNC(C)NC(C)SP(=O)(O)O. The maximum absolute atomic E-state index is 10.5. The maximum Gasteiger partial charge on any atom is 0.385 e. The van der Waals surface area contributed by atoms with Crippen molar-refractivity contribution in [2.24, 2.45) is 0 Å². The van der Waals surface area contributed by atoms with E-state index in [0.717, 1.165) is 0 Å². The minimum atomic E-state index is -3.96. The van der Waals surface area contributed by atoms with Crippen LogP contribution in [0.2, 0.25) is 0 Å². The molecule has 12 heavy (non-hydrogen) atoms. The van der Waals surface area contributed by atoms with Gasteiger partial charge in [-0.1, -0.05) is 0 Å². The molecule has 0 spiro atoms. The van der Waals surface area contributed by atoms with Gasteiger partial charge in [0.25, 0.3) is 0 Å². The number of rotatable bonds is 5. The molecule has 0 aliphatic carbocycles. The van der Waals surface area contributed by atoms with Gasteiger partial charge in [0.05, 0.1) is 11.5 Å². The van der Waals surface area contributed by atoms with Crippen molar-refractivity contribution in [3.63, 3.8) is 0 Å². The molecule has 0 aromatic heterocycles. The molecule has 0 rings (SSSR count). The average molecular weight is 214 g/mol. The maximum atomic E-state index is 10.5. The van der Waals surface area contributed by atoms with Crippen molar-refractivity contribution >= 4 is 18.2 Å². The Morgan fingerprint density at radius 3 is 2.25 bits per heavy atom. The first-order valence-corrected chi connectivity index (χ1v) is 6.62. The van der Waals surface area contributed by atoms with E-state index in [4.69, 9.17) is 9.79 Å². The van der Waals surface area contributed by atoms with E-state index < -0.39 is 6.80 Å². The standard InChI is InChI=1S/C5H15N2O3PS/c1-4(6-3)7-5(2)12-11(8,9)10/h4-7H,1-3H3,(H2,8,9,10). The average Bonchev–Trinajstić information content (AvgIpc) is 1.82. The minimum Gasteiger partial charge on any atom is -0.317 e. The molecular formula is C5H15N2O3PS. The molecule has 0 saturated heterocycles. The molecule has 0 aromatic carbocycles. The Bertz CT molecular complexity index is 174. The van der Waals surface area contributed by atoms with E-state index >= 15 is 0 Å². The van der Waals surface area contributed by atoms with E-state index in [1.807, 2.05) is 6.92 Å². The first-order valence-electron chi connectivity index (χ1n) is 3.52. The molecule has 4 N–H and O–H groups in total. The van der Waals surface area contributed by atoms with Crippen LogP contribution in [0.1, 0.15) is 13.8 Å². The van der Waals surface area contributed by atoms with Gasteiger partial charge in [-0.25, -0.2) is 4.57 Å². The lowest BCUT2D eigenvalue weighted by atomic mass is 10.5. The number of nitrogens with one attached hydrogen (secondary N) is 2. The van der Waals surface area contributed by atoms with Crippen LogP contribution in [0.3, 0.4) is 0 Å². The second kappa shape index (κ2) is 5.21.